The van der Waals surface area contributed by atoms with Gasteiger partial charge in [0, 0.05) is 16.6 Å². The highest BCUT2D eigenvalue weighted by atomic mass is 32.2. The molecule has 0 aliphatic heterocycles. The van der Waals surface area contributed by atoms with E-state index < -0.39 is 11.2 Å². The number of thioether (sulfide) groups is 1. The van der Waals surface area contributed by atoms with Gasteiger partial charge in [0.25, 0.3) is 5.56 Å². The molecule has 0 spiro atoms. The molecule has 2 N–H and O–H groups in total. The molecular weight excluding hydrogens is 494 g/mol. The molecule has 0 radical (unpaired) electrons. The molecule has 0 bridgehead atoms. The van der Waals surface area contributed by atoms with Crippen molar-refractivity contribution >= 4 is 50.9 Å². The fraction of sp³-hybridized carbons (Fsp3) is 0.259. The molecule has 1 amide bonds. The Morgan fingerprint density at radius 2 is 1.94 bits per heavy atom. The van der Waals surface area contributed by atoms with E-state index >= 15 is 0 Å². The van der Waals surface area contributed by atoms with Crippen LogP contribution in [0.2, 0.25) is 0 Å². The van der Waals surface area contributed by atoms with Crippen molar-refractivity contribution in [3.05, 3.63) is 74.9 Å². The van der Waals surface area contributed by atoms with Gasteiger partial charge in [-0.2, -0.15) is 0 Å². The Morgan fingerprint density at radius 3 is 2.75 bits per heavy atom. The largest absolute Gasteiger partial charge is 0.465 e. The Labute approximate surface area is 216 Å². The summed E-state index contributed by atoms with van der Waals surface area (Å²) in [6.45, 7) is 1.74. The second-order valence-electron chi connectivity index (χ2n) is 8.71. The van der Waals surface area contributed by atoms with Gasteiger partial charge in [-0.3, -0.25) is 9.59 Å². The van der Waals surface area contributed by atoms with Crippen molar-refractivity contribution in [2.75, 3.05) is 12.4 Å². The standard InChI is InChI=1S/C27H25N3O4S2/c1-15(23(31)28-20-9-5-8-19(13-20)26(33)34-2)36-27-29-24(32)22-21(14-35-25(22)30-27)18-11-10-16-6-3-4-7-17(16)12-18/h5,8-15H,3-4,6-7H2,1-2H3,(H,28,31)(H,29,30,32). The van der Waals surface area contributed by atoms with Gasteiger partial charge in [-0.05, 0) is 67.5 Å². The van der Waals surface area contributed by atoms with Gasteiger partial charge in [-0.1, -0.05) is 36.0 Å². The number of fused-ring (bicyclic) bond motifs is 2. The summed E-state index contributed by atoms with van der Waals surface area (Å²) in [5, 5.41) is 5.21. The Balaban J connectivity index is 1.34. The Bertz CT molecular complexity index is 1530. The van der Waals surface area contributed by atoms with Gasteiger partial charge in [-0.25, -0.2) is 9.78 Å². The number of esters is 1. The number of aromatic amines is 1. The topological polar surface area (TPSA) is 101 Å². The van der Waals surface area contributed by atoms with E-state index in [1.807, 2.05) is 5.38 Å². The Kier molecular flexibility index (Phi) is 6.93. The first-order valence-electron chi connectivity index (χ1n) is 11.7. The molecule has 1 atom stereocenters. The Morgan fingerprint density at radius 1 is 1.14 bits per heavy atom. The van der Waals surface area contributed by atoms with Crippen LogP contribution in [-0.4, -0.2) is 34.2 Å². The highest BCUT2D eigenvalue weighted by Gasteiger charge is 2.20. The summed E-state index contributed by atoms with van der Waals surface area (Å²) < 4.78 is 4.73. The first kappa shape index (κ1) is 24.3. The van der Waals surface area contributed by atoms with Crippen molar-refractivity contribution in [1.29, 1.82) is 0 Å². The lowest BCUT2D eigenvalue weighted by Crippen LogP contribution is -2.23. The average molecular weight is 520 g/mol. The number of aryl methyl sites for hydroxylation is 2. The minimum Gasteiger partial charge on any atom is -0.465 e. The fourth-order valence-electron chi connectivity index (χ4n) is 4.41. The summed E-state index contributed by atoms with van der Waals surface area (Å²) >= 11 is 2.61. The van der Waals surface area contributed by atoms with E-state index in [4.69, 9.17) is 4.74 Å². The highest BCUT2D eigenvalue weighted by Crippen LogP contribution is 2.34. The summed E-state index contributed by atoms with van der Waals surface area (Å²) in [6.07, 6.45) is 4.62. The predicted molar refractivity (Wildman–Crippen MR) is 144 cm³/mol. The lowest BCUT2D eigenvalue weighted by atomic mass is 9.89. The van der Waals surface area contributed by atoms with E-state index in [0.717, 1.165) is 24.0 Å². The number of carbonyl (C=O) groups is 2. The first-order valence-corrected chi connectivity index (χ1v) is 13.5. The third kappa shape index (κ3) is 4.94. The van der Waals surface area contributed by atoms with Gasteiger partial charge in [-0.15, -0.1) is 11.3 Å². The minimum absolute atomic E-state index is 0.213. The number of carbonyl (C=O) groups excluding carboxylic acids is 2. The van der Waals surface area contributed by atoms with Crippen molar-refractivity contribution in [2.24, 2.45) is 0 Å². The molecular formula is C27H25N3O4S2. The maximum Gasteiger partial charge on any atom is 0.337 e. The van der Waals surface area contributed by atoms with Gasteiger partial charge in [0.05, 0.1) is 23.3 Å². The van der Waals surface area contributed by atoms with E-state index in [1.54, 1.807) is 31.2 Å². The fourth-order valence-corrected chi connectivity index (χ4v) is 6.21. The summed E-state index contributed by atoms with van der Waals surface area (Å²) in [4.78, 5) is 45.7. The third-order valence-electron chi connectivity index (χ3n) is 6.29. The second-order valence-corrected chi connectivity index (χ2v) is 10.9. The lowest BCUT2D eigenvalue weighted by Gasteiger charge is -2.16. The number of hydrogen-bond donors (Lipinski definition) is 2. The van der Waals surface area contributed by atoms with Crippen LogP contribution in [0.5, 0.6) is 0 Å². The summed E-state index contributed by atoms with van der Waals surface area (Å²) in [5.74, 6) is -0.750. The zero-order chi connectivity index (χ0) is 25.2. The van der Waals surface area contributed by atoms with Crippen molar-refractivity contribution < 1.29 is 14.3 Å². The molecule has 7 nitrogen and oxygen atoms in total. The van der Waals surface area contributed by atoms with Gasteiger partial charge in [0.2, 0.25) is 5.91 Å². The first-order chi connectivity index (χ1) is 17.4. The zero-order valence-electron chi connectivity index (χ0n) is 19.9. The summed E-state index contributed by atoms with van der Waals surface area (Å²) in [5.41, 5.74) is 5.32. The normalized spacial score (nSPS) is 13.7. The second kappa shape index (κ2) is 10.3. The number of methoxy groups -OCH3 is 1. The van der Waals surface area contributed by atoms with E-state index in [0.29, 0.717) is 26.6 Å². The molecule has 2 aromatic carbocycles. The van der Waals surface area contributed by atoms with Crippen LogP contribution < -0.4 is 10.9 Å². The van der Waals surface area contributed by atoms with Crippen molar-refractivity contribution in [3.8, 4) is 11.1 Å². The van der Waals surface area contributed by atoms with Gasteiger partial charge >= 0.3 is 5.97 Å². The molecule has 5 rings (SSSR count). The van der Waals surface area contributed by atoms with Gasteiger partial charge in [0.1, 0.15) is 4.83 Å². The molecule has 0 saturated heterocycles. The monoisotopic (exact) mass is 519 g/mol. The quantitative estimate of drug-likeness (QED) is 0.200. The number of hydrogen-bond acceptors (Lipinski definition) is 7. The molecule has 36 heavy (non-hydrogen) atoms. The Hall–Kier alpha value is -3.43. The molecule has 2 heterocycles. The number of rotatable bonds is 6. The summed E-state index contributed by atoms with van der Waals surface area (Å²) in [6, 6.07) is 13.0. The third-order valence-corrected chi connectivity index (χ3v) is 8.15. The van der Waals surface area contributed by atoms with E-state index in [1.165, 1.54) is 54.2 Å². The van der Waals surface area contributed by atoms with Gasteiger partial charge in [0.15, 0.2) is 5.16 Å². The molecule has 4 aromatic rings. The average Bonchev–Trinajstić information content (AvgIpc) is 3.32. The smallest absolute Gasteiger partial charge is 0.337 e. The van der Waals surface area contributed by atoms with Crippen LogP contribution in [-0.2, 0) is 22.4 Å². The molecule has 9 heteroatoms. The van der Waals surface area contributed by atoms with Crippen LogP contribution in [0, 0.1) is 0 Å². The number of benzene rings is 2. The van der Waals surface area contributed by atoms with E-state index in [-0.39, 0.29) is 11.5 Å². The zero-order valence-corrected chi connectivity index (χ0v) is 21.6. The van der Waals surface area contributed by atoms with Crippen molar-refractivity contribution in [3.63, 3.8) is 0 Å². The highest BCUT2D eigenvalue weighted by molar-refractivity contribution is 8.00. The van der Waals surface area contributed by atoms with Crippen LogP contribution in [0.3, 0.4) is 0 Å². The maximum absolute atomic E-state index is 13.1. The number of H-pyrrole nitrogens is 1. The number of nitrogens with zero attached hydrogens (tertiary/aromatic N) is 1. The molecule has 184 valence electrons. The minimum atomic E-state index is -0.535. The molecule has 0 fully saturated rings. The molecule has 1 unspecified atom stereocenters. The van der Waals surface area contributed by atoms with Crippen LogP contribution in [0.25, 0.3) is 21.3 Å². The number of anilines is 1. The molecule has 1 aliphatic carbocycles. The maximum atomic E-state index is 13.1. The SMILES string of the molecule is COC(=O)c1cccc(NC(=O)C(C)Sc2nc3scc(-c4ccc5c(c4)CCCC5)c3c(=O)[nH]2)c1. The molecule has 2 aromatic heterocycles. The van der Waals surface area contributed by atoms with Gasteiger partial charge < -0.3 is 15.0 Å². The lowest BCUT2D eigenvalue weighted by molar-refractivity contribution is -0.115. The number of nitrogens with one attached hydrogen (secondary N) is 2. The number of thiophene rings is 1. The van der Waals surface area contributed by atoms with Crippen LogP contribution in [0.4, 0.5) is 5.69 Å². The van der Waals surface area contributed by atoms with E-state index in [2.05, 4.69) is 33.5 Å². The number of amides is 1. The van der Waals surface area contributed by atoms with Crippen LogP contribution in [0.1, 0.15) is 41.3 Å². The molecule has 0 saturated carbocycles. The number of aromatic nitrogens is 2. The van der Waals surface area contributed by atoms with Crippen molar-refractivity contribution in [1.82, 2.24) is 9.97 Å². The molecule has 1 aliphatic rings. The van der Waals surface area contributed by atoms with E-state index in [9.17, 15) is 14.4 Å². The predicted octanol–water partition coefficient (Wildman–Crippen LogP) is 5.44. The van der Waals surface area contributed by atoms with Crippen LogP contribution in [0.15, 0.2) is 57.8 Å². The number of ether oxygens (including phenoxy) is 1. The van der Waals surface area contributed by atoms with Crippen LogP contribution >= 0.6 is 23.1 Å². The summed E-state index contributed by atoms with van der Waals surface area (Å²) in [7, 11) is 1.31. The van der Waals surface area contributed by atoms with Crippen molar-refractivity contribution in [2.45, 2.75) is 43.0 Å².